The molecule has 0 radical (unpaired) electrons. The van der Waals surface area contributed by atoms with Crippen LogP contribution in [0.4, 0.5) is 5.69 Å². The number of Topliss-reactive ketones (excluding diaryl/α,β-unsaturated/α-hetero) is 1. The summed E-state index contributed by atoms with van der Waals surface area (Å²) in [6, 6.07) is 20.9. The van der Waals surface area contributed by atoms with Crippen LogP contribution in [0.15, 0.2) is 99.3 Å². The first-order chi connectivity index (χ1) is 18.4. The molecule has 192 valence electrons. The summed E-state index contributed by atoms with van der Waals surface area (Å²) in [6.45, 7) is 3.73. The van der Waals surface area contributed by atoms with Crippen molar-refractivity contribution in [2.45, 2.75) is 19.8 Å². The standard InChI is InChI=1S/C29H25N3O5S/c1-3-36-29(35)20-11-13-21(14-12-20)32-27(34)25-18(2)31-28(22(16-30)26(25)24-10-7-15-37-24)38-17-23(33)19-8-5-4-6-9-19/h4-15,26,31H,3,17H2,1-2H3,(H,32,34)/t26-/m0/s1. The largest absolute Gasteiger partial charge is 0.468 e. The number of nitrogens with zero attached hydrogens (tertiary/aromatic N) is 1. The number of ketones is 1. The molecule has 0 bridgehead atoms. The van der Waals surface area contributed by atoms with Crippen molar-refractivity contribution in [3.05, 3.63) is 112 Å². The normalized spacial score (nSPS) is 14.9. The van der Waals surface area contributed by atoms with Crippen LogP contribution in [0.3, 0.4) is 0 Å². The first-order valence-electron chi connectivity index (χ1n) is 11.9. The molecule has 1 aliphatic rings. The molecule has 8 nitrogen and oxygen atoms in total. The van der Waals surface area contributed by atoms with E-state index in [1.54, 1.807) is 74.5 Å². The average molecular weight is 528 g/mol. The Hall–Kier alpha value is -4.55. The highest BCUT2D eigenvalue weighted by Gasteiger charge is 2.36. The number of anilines is 1. The van der Waals surface area contributed by atoms with Gasteiger partial charge in [0.25, 0.3) is 5.91 Å². The molecule has 0 spiro atoms. The number of nitriles is 1. The lowest BCUT2D eigenvalue weighted by Gasteiger charge is -2.28. The van der Waals surface area contributed by atoms with Gasteiger partial charge in [-0.1, -0.05) is 42.1 Å². The Bertz CT molecular complexity index is 1440. The summed E-state index contributed by atoms with van der Waals surface area (Å²) in [4.78, 5) is 38.1. The van der Waals surface area contributed by atoms with Crippen LogP contribution in [0.5, 0.6) is 0 Å². The number of carbonyl (C=O) groups excluding carboxylic acids is 3. The second kappa shape index (κ2) is 12.1. The number of amides is 1. The summed E-state index contributed by atoms with van der Waals surface area (Å²) in [7, 11) is 0. The van der Waals surface area contributed by atoms with Crippen LogP contribution >= 0.6 is 11.8 Å². The number of hydrogen-bond donors (Lipinski definition) is 2. The summed E-state index contributed by atoms with van der Waals surface area (Å²) < 4.78 is 10.6. The quantitative estimate of drug-likeness (QED) is 0.280. The van der Waals surface area contributed by atoms with Gasteiger partial charge in [0.15, 0.2) is 5.78 Å². The van der Waals surface area contributed by atoms with E-state index in [2.05, 4.69) is 16.7 Å². The van der Waals surface area contributed by atoms with Gasteiger partial charge < -0.3 is 19.8 Å². The van der Waals surface area contributed by atoms with Crippen molar-refractivity contribution >= 4 is 35.1 Å². The molecular formula is C29H25N3O5S. The van der Waals surface area contributed by atoms with Crippen molar-refractivity contribution in [2.24, 2.45) is 0 Å². The Morgan fingerprint density at radius 1 is 1.05 bits per heavy atom. The van der Waals surface area contributed by atoms with Gasteiger partial charge in [-0.25, -0.2) is 4.79 Å². The third-order valence-electron chi connectivity index (χ3n) is 5.82. The zero-order valence-electron chi connectivity index (χ0n) is 20.8. The second-order valence-corrected chi connectivity index (χ2v) is 9.28. The number of benzene rings is 2. The fourth-order valence-corrected chi connectivity index (χ4v) is 5.00. The molecule has 0 fully saturated rings. The Morgan fingerprint density at radius 3 is 2.42 bits per heavy atom. The molecular weight excluding hydrogens is 502 g/mol. The fraction of sp³-hybridized carbons (Fsp3) is 0.172. The summed E-state index contributed by atoms with van der Waals surface area (Å²) >= 11 is 1.21. The van der Waals surface area contributed by atoms with E-state index in [-0.39, 0.29) is 23.7 Å². The van der Waals surface area contributed by atoms with Crippen molar-refractivity contribution in [3.8, 4) is 6.07 Å². The van der Waals surface area contributed by atoms with Crippen LogP contribution in [0.25, 0.3) is 0 Å². The number of ether oxygens (including phenoxy) is 1. The van der Waals surface area contributed by atoms with Crippen LogP contribution in [-0.2, 0) is 9.53 Å². The van der Waals surface area contributed by atoms with Gasteiger partial charge >= 0.3 is 5.97 Å². The van der Waals surface area contributed by atoms with Crippen LogP contribution in [0.2, 0.25) is 0 Å². The number of carbonyl (C=O) groups is 3. The molecule has 1 atom stereocenters. The molecule has 2 aromatic carbocycles. The maximum Gasteiger partial charge on any atom is 0.338 e. The minimum absolute atomic E-state index is 0.0758. The second-order valence-electron chi connectivity index (χ2n) is 8.30. The smallest absolute Gasteiger partial charge is 0.338 e. The molecule has 1 aromatic heterocycles. The molecule has 9 heteroatoms. The Balaban J connectivity index is 1.59. The van der Waals surface area contributed by atoms with E-state index in [0.29, 0.717) is 38.9 Å². The van der Waals surface area contributed by atoms with Gasteiger partial charge in [-0.2, -0.15) is 5.26 Å². The molecule has 3 aromatic rings. The number of thioether (sulfide) groups is 1. The predicted molar refractivity (Wildman–Crippen MR) is 144 cm³/mol. The van der Waals surface area contributed by atoms with E-state index in [1.807, 2.05) is 6.07 Å². The van der Waals surface area contributed by atoms with Crippen LogP contribution in [0, 0.1) is 11.3 Å². The van der Waals surface area contributed by atoms with Crippen molar-refractivity contribution in [1.82, 2.24) is 5.32 Å². The topological polar surface area (TPSA) is 121 Å². The zero-order chi connectivity index (χ0) is 27.1. The van der Waals surface area contributed by atoms with Gasteiger partial charge in [0, 0.05) is 16.9 Å². The van der Waals surface area contributed by atoms with Crippen molar-refractivity contribution in [2.75, 3.05) is 17.7 Å². The van der Waals surface area contributed by atoms with Gasteiger partial charge in [-0.3, -0.25) is 9.59 Å². The van der Waals surface area contributed by atoms with Crippen LogP contribution in [-0.4, -0.2) is 30.0 Å². The van der Waals surface area contributed by atoms with Gasteiger partial charge in [0.05, 0.1) is 52.3 Å². The Morgan fingerprint density at radius 2 is 1.79 bits per heavy atom. The zero-order valence-corrected chi connectivity index (χ0v) is 21.6. The molecule has 0 saturated carbocycles. The molecule has 2 heterocycles. The Labute approximate surface area is 224 Å². The fourth-order valence-electron chi connectivity index (χ4n) is 4.02. The number of hydrogen-bond acceptors (Lipinski definition) is 8. The SMILES string of the molecule is CCOC(=O)c1ccc(NC(=O)C2=C(C)NC(SCC(=O)c3ccccc3)=C(C#N)[C@H]2c2ccco2)cc1. The van der Waals surface area contributed by atoms with Gasteiger partial charge in [-0.15, -0.1) is 0 Å². The summed E-state index contributed by atoms with van der Waals surface area (Å²) in [5.41, 5.74) is 2.54. The lowest BCUT2D eigenvalue weighted by atomic mass is 9.85. The molecule has 4 rings (SSSR count). The van der Waals surface area contributed by atoms with E-state index in [4.69, 9.17) is 9.15 Å². The maximum atomic E-state index is 13.5. The molecule has 0 unspecified atom stereocenters. The maximum absolute atomic E-state index is 13.5. The van der Waals surface area contributed by atoms with E-state index in [0.717, 1.165) is 0 Å². The third kappa shape index (κ3) is 5.88. The highest BCUT2D eigenvalue weighted by molar-refractivity contribution is 8.03. The van der Waals surface area contributed by atoms with Crippen molar-refractivity contribution in [1.29, 1.82) is 5.26 Å². The monoisotopic (exact) mass is 527 g/mol. The first kappa shape index (κ1) is 26.5. The molecule has 0 saturated heterocycles. The van der Waals surface area contributed by atoms with Crippen molar-refractivity contribution in [3.63, 3.8) is 0 Å². The molecule has 1 amide bonds. The van der Waals surface area contributed by atoms with Gasteiger partial charge in [0.2, 0.25) is 0 Å². The summed E-state index contributed by atoms with van der Waals surface area (Å²) in [5.74, 6) is -1.19. The number of furan rings is 1. The minimum atomic E-state index is -0.774. The number of rotatable bonds is 9. The average Bonchev–Trinajstić information content (AvgIpc) is 3.47. The number of esters is 1. The lowest BCUT2D eigenvalue weighted by molar-refractivity contribution is -0.113. The van der Waals surface area contributed by atoms with E-state index in [9.17, 15) is 19.6 Å². The van der Waals surface area contributed by atoms with E-state index < -0.39 is 17.8 Å². The summed E-state index contributed by atoms with van der Waals surface area (Å²) in [6.07, 6.45) is 1.48. The number of allylic oxidation sites excluding steroid dienone is 2. The molecule has 38 heavy (non-hydrogen) atoms. The van der Waals surface area contributed by atoms with Gasteiger partial charge in [-0.05, 0) is 50.2 Å². The minimum Gasteiger partial charge on any atom is -0.468 e. The highest BCUT2D eigenvalue weighted by Crippen LogP contribution is 2.41. The molecule has 1 aliphatic heterocycles. The third-order valence-corrected chi connectivity index (χ3v) is 6.83. The van der Waals surface area contributed by atoms with Gasteiger partial charge in [0.1, 0.15) is 5.76 Å². The number of dihydropyridines is 1. The lowest BCUT2D eigenvalue weighted by Crippen LogP contribution is -2.30. The van der Waals surface area contributed by atoms with E-state index >= 15 is 0 Å². The first-order valence-corrected chi connectivity index (χ1v) is 12.9. The number of nitrogens with one attached hydrogen (secondary N) is 2. The Kier molecular flexibility index (Phi) is 8.46. The van der Waals surface area contributed by atoms with Crippen LogP contribution < -0.4 is 10.6 Å². The van der Waals surface area contributed by atoms with Crippen LogP contribution in [0.1, 0.15) is 46.2 Å². The van der Waals surface area contributed by atoms with E-state index in [1.165, 1.54) is 18.0 Å². The van der Waals surface area contributed by atoms with Crippen molar-refractivity contribution < 1.29 is 23.5 Å². The predicted octanol–water partition coefficient (Wildman–Crippen LogP) is 5.41. The molecule has 0 aliphatic carbocycles. The summed E-state index contributed by atoms with van der Waals surface area (Å²) in [5, 5.41) is 16.6. The molecule has 2 N–H and O–H groups in total. The highest BCUT2D eigenvalue weighted by atomic mass is 32.2.